The fourth-order valence-corrected chi connectivity index (χ4v) is 4.09. The van der Waals surface area contributed by atoms with Crippen LogP contribution in [0.5, 0.6) is 0 Å². The maximum atomic E-state index is 12.1. The number of amides is 1. The van der Waals surface area contributed by atoms with E-state index in [9.17, 15) is 4.79 Å². The average molecular weight is 392 g/mol. The predicted molar refractivity (Wildman–Crippen MR) is 74.4 cm³/mol. The number of hydrogen-bond acceptors (Lipinski definition) is 1. The maximum absolute atomic E-state index is 12.1. The number of halogens is 2. The van der Waals surface area contributed by atoms with E-state index in [1.165, 1.54) is 19.3 Å². The van der Waals surface area contributed by atoms with E-state index in [1.807, 2.05) is 18.2 Å². The van der Waals surface area contributed by atoms with Gasteiger partial charge in [-0.25, -0.2) is 0 Å². The number of rotatable bonds is 2. The third kappa shape index (κ3) is 1.70. The van der Waals surface area contributed by atoms with Crippen LogP contribution in [-0.2, 0) is 0 Å². The first kappa shape index (κ1) is 11.0. The van der Waals surface area contributed by atoms with E-state index in [0.29, 0.717) is 0 Å². The fourth-order valence-electron chi connectivity index (χ4n) is 2.61. The molecule has 16 heavy (non-hydrogen) atoms. The smallest absolute Gasteiger partial charge is 0.252 e. The van der Waals surface area contributed by atoms with Gasteiger partial charge in [0.2, 0.25) is 0 Å². The third-order valence-corrected chi connectivity index (χ3v) is 4.92. The summed E-state index contributed by atoms with van der Waals surface area (Å²) in [5.41, 5.74) is 0.898. The molecule has 0 spiro atoms. The lowest BCUT2D eigenvalue weighted by atomic mass is 9.50. The van der Waals surface area contributed by atoms with Gasteiger partial charge < -0.3 is 5.32 Å². The molecule has 0 aliphatic heterocycles. The molecule has 3 aliphatic rings. The molecule has 1 N–H and O–H groups in total. The van der Waals surface area contributed by atoms with Crippen molar-refractivity contribution in [1.82, 2.24) is 5.32 Å². The predicted octanol–water partition coefficient (Wildman–Crippen LogP) is 3.34. The summed E-state index contributed by atoms with van der Waals surface area (Å²) in [6.45, 7) is 0. The summed E-state index contributed by atoms with van der Waals surface area (Å²) in [6.07, 6.45) is 3.54. The normalized spacial score (nSPS) is 30.2. The van der Waals surface area contributed by atoms with Gasteiger partial charge in [0.25, 0.3) is 5.91 Å². The quantitative estimate of drug-likeness (QED) is 0.769. The average Bonchev–Trinajstić information content (AvgIpc) is 2.09. The van der Waals surface area contributed by atoms with Crippen molar-refractivity contribution in [3.8, 4) is 0 Å². The van der Waals surface area contributed by atoms with Gasteiger partial charge in [0, 0.05) is 13.6 Å². The first-order chi connectivity index (χ1) is 7.58. The van der Waals surface area contributed by atoms with Gasteiger partial charge >= 0.3 is 0 Å². The van der Waals surface area contributed by atoms with Crippen molar-refractivity contribution in [2.45, 2.75) is 24.8 Å². The Morgan fingerprint density at radius 2 is 2.12 bits per heavy atom. The van der Waals surface area contributed by atoms with Gasteiger partial charge in [-0.05, 0) is 81.9 Å². The molecule has 1 aromatic carbocycles. The van der Waals surface area contributed by atoms with Gasteiger partial charge in [-0.1, -0.05) is 0 Å². The Morgan fingerprint density at radius 1 is 1.44 bits per heavy atom. The molecule has 3 aliphatic carbocycles. The molecule has 4 heteroatoms. The van der Waals surface area contributed by atoms with Gasteiger partial charge in [-0.3, -0.25) is 4.79 Å². The van der Waals surface area contributed by atoms with Gasteiger partial charge in [0.1, 0.15) is 0 Å². The first-order valence-corrected chi connectivity index (χ1v) is 7.23. The van der Waals surface area contributed by atoms with Crippen LogP contribution in [0.1, 0.15) is 29.6 Å². The van der Waals surface area contributed by atoms with E-state index < -0.39 is 0 Å². The standard InChI is InChI=1S/C12H11BrINO/c13-10-3-8(14)1-2-9(10)11(16)15-12-4-7(5-12)6-12/h1-3,7H,4-6H2,(H,15,16). The van der Waals surface area contributed by atoms with Crippen molar-refractivity contribution in [3.05, 3.63) is 31.8 Å². The SMILES string of the molecule is O=C(NC12CC(C1)C2)c1ccc(I)cc1Br. The van der Waals surface area contributed by atoms with Crippen LogP contribution in [0.2, 0.25) is 0 Å². The van der Waals surface area contributed by atoms with Crippen LogP contribution in [0.25, 0.3) is 0 Å². The Hall–Kier alpha value is -0.100. The molecule has 2 bridgehead atoms. The van der Waals surface area contributed by atoms with Crippen molar-refractivity contribution in [2.24, 2.45) is 5.92 Å². The van der Waals surface area contributed by atoms with E-state index in [-0.39, 0.29) is 11.4 Å². The Morgan fingerprint density at radius 3 is 2.62 bits per heavy atom. The number of hydrogen-bond donors (Lipinski definition) is 1. The molecular weight excluding hydrogens is 381 g/mol. The van der Waals surface area contributed by atoms with E-state index in [0.717, 1.165) is 19.5 Å². The Kier molecular flexibility index (Phi) is 2.55. The molecule has 0 unspecified atom stereocenters. The molecule has 0 aromatic heterocycles. The molecule has 0 atom stereocenters. The summed E-state index contributed by atoms with van der Waals surface area (Å²) >= 11 is 5.68. The summed E-state index contributed by atoms with van der Waals surface area (Å²) in [6, 6.07) is 5.81. The zero-order chi connectivity index (χ0) is 11.3. The van der Waals surface area contributed by atoms with Gasteiger partial charge in [0.05, 0.1) is 5.56 Å². The lowest BCUT2D eigenvalue weighted by molar-refractivity contribution is -0.0438. The Bertz CT molecular complexity index is 457. The molecule has 0 saturated heterocycles. The highest BCUT2D eigenvalue weighted by atomic mass is 127. The topological polar surface area (TPSA) is 29.1 Å². The second kappa shape index (κ2) is 3.70. The number of benzene rings is 1. The van der Waals surface area contributed by atoms with Crippen LogP contribution in [0.4, 0.5) is 0 Å². The molecule has 3 fully saturated rings. The van der Waals surface area contributed by atoms with Gasteiger partial charge in [0.15, 0.2) is 0 Å². The second-order valence-corrected chi connectivity index (χ2v) is 6.94. The van der Waals surface area contributed by atoms with Crippen molar-refractivity contribution >= 4 is 44.4 Å². The zero-order valence-corrected chi connectivity index (χ0v) is 12.3. The minimum absolute atomic E-state index is 0.0569. The van der Waals surface area contributed by atoms with Crippen LogP contribution >= 0.6 is 38.5 Å². The summed E-state index contributed by atoms with van der Waals surface area (Å²) in [5, 5.41) is 3.16. The highest BCUT2D eigenvalue weighted by Crippen LogP contribution is 2.57. The summed E-state index contributed by atoms with van der Waals surface area (Å²) in [5.74, 6) is 0.946. The molecule has 1 amide bonds. The lowest BCUT2D eigenvalue weighted by Crippen LogP contribution is -2.68. The zero-order valence-electron chi connectivity index (χ0n) is 8.59. The van der Waals surface area contributed by atoms with Crippen LogP contribution in [0, 0.1) is 9.49 Å². The summed E-state index contributed by atoms with van der Waals surface area (Å²) in [4.78, 5) is 12.1. The van der Waals surface area contributed by atoms with Crippen LogP contribution in [-0.4, -0.2) is 11.4 Å². The Labute approximate surface area is 116 Å². The molecule has 0 heterocycles. The van der Waals surface area contributed by atoms with Crippen LogP contribution in [0.15, 0.2) is 22.7 Å². The molecule has 0 radical (unpaired) electrons. The molecule has 4 rings (SSSR count). The molecule has 2 nitrogen and oxygen atoms in total. The monoisotopic (exact) mass is 391 g/mol. The lowest BCUT2D eigenvalue weighted by Gasteiger charge is -2.61. The molecule has 3 saturated carbocycles. The second-order valence-electron chi connectivity index (χ2n) is 4.84. The maximum Gasteiger partial charge on any atom is 0.252 e. The highest BCUT2D eigenvalue weighted by molar-refractivity contribution is 14.1. The Balaban J connectivity index is 1.78. The van der Waals surface area contributed by atoms with E-state index in [2.05, 4.69) is 43.8 Å². The molecule has 1 aromatic rings. The van der Waals surface area contributed by atoms with Crippen molar-refractivity contribution in [1.29, 1.82) is 0 Å². The van der Waals surface area contributed by atoms with Crippen LogP contribution < -0.4 is 5.32 Å². The van der Waals surface area contributed by atoms with Crippen LogP contribution in [0.3, 0.4) is 0 Å². The minimum atomic E-state index is 0.0569. The fraction of sp³-hybridized carbons (Fsp3) is 0.417. The first-order valence-electron chi connectivity index (χ1n) is 5.36. The van der Waals surface area contributed by atoms with E-state index in [4.69, 9.17) is 0 Å². The molecular formula is C12H11BrINO. The van der Waals surface area contributed by atoms with Crippen molar-refractivity contribution < 1.29 is 4.79 Å². The number of carbonyl (C=O) groups is 1. The van der Waals surface area contributed by atoms with E-state index >= 15 is 0 Å². The number of carbonyl (C=O) groups excluding carboxylic acids is 1. The summed E-state index contributed by atoms with van der Waals surface area (Å²) < 4.78 is 2.01. The number of nitrogens with one attached hydrogen (secondary N) is 1. The summed E-state index contributed by atoms with van der Waals surface area (Å²) in [7, 11) is 0. The highest BCUT2D eigenvalue weighted by Gasteiger charge is 2.57. The minimum Gasteiger partial charge on any atom is -0.347 e. The van der Waals surface area contributed by atoms with Gasteiger partial charge in [-0.2, -0.15) is 0 Å². The van der Waals surface area contributed by atoms with E-state index in [1.54, 1.807) is 0 Å². The van der Waals surface area contributed by atoms with Gasteiger partial charge in [-0.15, -0.1) is 0 Å². The largest absolute Gasteiger partial charge is 0.347 e. The molecule has 84 valence electrons. The van der Waals surface area contributed by atoms with Crippen molar-refractivity contribution in [3.63, 3.8) is 0 Å². The third-order valence-electron chi connectivity index (χ3n) is 3.59. The van der Waals surface area contributed by atoms with Crippen molar-refractivity contribution in [2.75, 3.05) is 0 Å².